The first-order valence-corrected chi connectivity index (χ1v) is 18.1. The van der Waals surface area contributed by atoms with Crippen LogP contribution in [0.5, 0.6) is 0 Å². The van der Waals surface area contributed by atoms with Crippen LogP contribution in [0.25, 0.3) is 0 Å². The maximum atomic E-state index is 14.2. The van der Waals surface area contributed by atoms with Gasteiger partial charge < -0.3 is 36.0 Å². The zero-order chi connectivity index (χ0) is 33.8. The number of nitrogens with zero attached hydrogens (tertiary/aromatic N) is 5. The number of nitrogens with two attached hydrogens (primary N) is 1. The molecule has 260 valence electrons. The Morgan fingerprint density at radius 1 is 0.958 bits per heavy atom. The smallest absolute Gasteiger partial charge is 0.322 e. The van der Waals surface area contributed by atoms with Crippen molar-refractivity contribution in [2.24, 2.45) is 0 Å². The van der Waals surface area contributed by atoms with Gasteiger partial charge in [0.1, 0.15) is 6.04 Å². The molecule has 0 radical (unpaired) electrons. The number of rotatable bonds is 7. The van der Waals surface area contributed by atoms with Gasteiger partial charge in [0.2, 0.25) is 5.91 Å². The number of piperidine rings is 2. The number of nitrogen functional groups attached to an aromatic ring is 1. The highest BCUT2D eigenvalue weighted by Gasteiger charge is 2.36. The summed E-state index contributed by atoms with van der Waals surface area (Å²) in [6.07, 6.45) is 5.45. The number of fused-ring (bicyclic) bond motifs is 1. The lowest BCUT2D eigenvalue weighted by molar-refractivity contribution is -0.134. The molecule has 4 heterocycles. The molecule has 0 spiro atoms. The van der Waals surface area contributed by atoms with Crippen LogP contribution in [0, 0.1) is 0 Å². The molecule has 48 heavy (non-hydrogen) atoms. The fraction of sp³-hybridized carbons (Fsp3) is 0.583. The van der Waals surface area contributed by atoms with Crippen LogP contribution in [0.3, 0.4) is 0 Å². The third kappa shape index (κ3) is 7.84. The van der Waals surface area contributed by atoms with Crippen LogP contribution in [0.2, 0.25) is 5.02 Å². The number of carbonyl (C=O) groups excluding carboxylic acids is 3. The zero-order valence-electron chi connectivity index (χ0n) is 28.4. The van der Waals surface area contributed by atoms with Crippen molar-refractivity contribution in [3.8, 4) is 0 Å². The number of hydrogen-bond donors (Lipinski definition) is 3. The van der Waals surface area contributed by atoms with Crippen LogP contribution < -0.4 is 16.4 Å². The van der Waals surface area contributed by atoms with E-state index in [-0.39, 0.29) is 24.0 Å². The first kappa shape index (κ1) is 34.3. The standard InChI is InChI=1S/C36H51ClN8O3/c1-3-26-21-25(22-30(37)33(26)38)23-32(34(46)43-15-9-28(10-16-43)42-14-6-13-41(2)19-20-42)40-35(47)44-17-11-29(12-18-44)45-24-27-7-4-5-8-31(27)39-36(45)48/h4-5,7-8,21-22,28-29,32H,3,6,9-20,23-24,38H2,1-2H3,(H,39,48)(H,40,47)/t32-/m1/s1. The molecule has 4 aliphatic heterocycles. The second-order valence-electron chi connectivity index (χ2n) is 13.9. The highest BCUT2D eigenvalue weighted by molar-refractivity contribution is 6.33. The quantitative estimate of drug-likeness (QED) is 0.377. The Balaban J connectivity index is 1.10. The lowest BCUT2D eigenvalue weighted by atomic mass is 9.98. The van der Waals surface area contributed by atoms with Crippen LogP contribution in [0.4, 0.5) is 21.0 Å². The number of benzene rings is 2. The number of likely N-dealkylation sites (N-methyl/N-ethyl adjacent to an activating group) is 1. The minimum Gasteiger partial charge on any atom is -0.397 e. The van der Waals surface area contributed by atoms with Gasteiger partial charge in [-0.3, -0.25) is 9.69 Å². The summed E-state index contributed by atoms with van der Waals surface area (Å²) < 4.78 is 0. The Hall–Kier alpha value is -3.54. The second kappa shape index (κ2) is 15.3. The predicted octanol–water partition coefficient (Wildman–Crippen LogP) is 4.25. The van der Waals surface area contributed by atoms with E-state index in [2.05, 4.69) is 27.5 Å². The van der Waals surface area contributed by atoms with E-state index < -0.39 is 6.04 Å². The van der Waals surface area contributed by atoms with Crippen molar-refractivity contribution in [1.82, 2.24) is 29.8 Å². The zero-order valence-corrected chi connectivity index (χ0v) is 29.2. The van der Waals surface area contributed by atoms with Crippen molar-refractivity contribution in [2.75, 3.05) is 70.5 Å². The average molecular weight is 679 g/mol. The largest absolute Gasteiger partial charge is 0.397 e. The minimum atomic E-state index is -0.729. The Morgan fingerprint density at radius 2 is 1.67 bits per heavy atom. The summed E-state index contributed by atoms with van der Waals surface area (Å²) in [6, 6.07) is 11.1. The molecule has 4 N–H and O–H groups in total. The van der Waals surface area contributed by atoms with Gasteiger partial charge in [-0.15, -0.1) is 0 Å². The Morgan fingerprint density at radius 3 is 2.42 bits per heavy atom. The average Bonchev–Trinajstić information content (AvgIpc) is 3.33. The van der Waals surface area contributed by atoms with E-state index in [9.17, 15) is 14.4 Å². The second-order valence-corrected chi connectivity index (χ2v) is 14.3. The monoisotopic (exact) mass is 678 g/mol. The molecule has 6 rings (SSSR count). The van der Waals surface area contributed by atoms with Crippen LogP contribution >= 0.6 is 11.6 Å². The first-order chi connectivity index (χ1) is 23.2. The number of amides is 5. The van der Waals surface area contributed by atoms with E-state index in [1.807, 2.05) is 53.1 Å². The molecule has 1 atom stereocenters. The number of carbonyl (C=O) groups is 3. The van der Waals surface area contributed by atoms with Gasteiger partial charge in [-0.2, -0.15) is 0 Å². The number of urea groups is 2. The van der Waals surface area contributed by atoms with Gasteiger partial charge in [-0.1, -0.05) is 42.8 Å². The Bertz CT molecular complexity index is 1470. The molecule has 3 saturated heterocycles. The number of hydrogen-bond acceptors (Lipinski definition) is 6. The summed E-state index contributed by atoms with van der Waals surface area (Å²) in [4.78, 5) is 51.4. The normalized spacial score (nSPS) is 21.0. The van der Waals surface area contributed by atoms with Crippen molar-refractivity contribution in [3.63, 3.8) is 0 Å². The molecule has 4 aliphatic rings. The molecule has 11 nitrogen and oxygen atoms in total. The van der Waals surface area contributed by atoms with Crippen molar-refractivity contribution in [1.29, 1.82) is 0 Å². The predicted molar refractivity (Wildman–Crippen MR) is 190 cm³/mol. The Kier molecular flexibility index (Phi) is 11.0. The van der Waals surface area contributed by atoms with Gasteiger partial charge in [0.15, 0.2) is 0 Å². The van der Waals surface area contributed by atoms with Gasteiger partial charge >= 0.3 is 12.1 Å². The highest BCUT2D eigenvalue weighted by Crippen LogP contribution is 2.29. The van der Waals surface area contributed by atoms with E-state index in [1.165, 1.54) is 6.42 Å². The molecule has 0 aliphatic carbocycles. The molecule has 2 aromatic rings. The maximum Gasteiger partial charge on any atom is 0.322 e. The van der Waals surface area contributed by atoms with Crippen molar-refractivity contribution < 1.29 is 14.4 Å². The van der Waals surface area contributed by atoms with Crippen molar-refractivity contribution >= 4 is 40.9 Å². The van der Waals surface area contributed by atoms with E-state index in [4.69, 9.17) is 17.3 Å². The molecule has 3 fully saturated rings. The van der Waals surface area contributed by atoms with Gasteiger partial charge in [-0.05, 0) is 87.5 Å². The summed E-state index contributed by atoms with van der Waals surface area (Å²) in [5.74, 6) is -0.0538. The van der Waals surface area contributed by atoms with Crippen LogP contribution in [0.1, 0.15) is 55.7 Å². The van der Waals surface area contributed by atoms with Gasteiger partial charge in [0.25, 0.3) is 0 Å². The molecule has 0 unspecified atom stereocenters. The SMILES string of the molecule is CCc1cc(C[C@@H](NC(=O)N2CCC(N3Cc4ccccc4NC3=O)CC2)C(=O)N2CCC(N3CCCN(C)CC3)CC2)cc(Cl)c1N. The summed E-state index contributed by atoms with van der Waals surface area (Å²) >= 11 is 6.51. The van der Waals surface area contributed by atoms with Gasteiger partial charge in [0, 0.05) is 70.0 Å². The first-order valence-electron chi connectivity index (χ1n) is 17.7. The topological polar surface area (TPSA) is 117 Å². The van der Waals surface area contributed by atoms with E-state index in [0.29, 0.717) is 68.7 Å². The molecular weight excluding hydrogens is 628 g/mol. The summed E-state index contributed by atoms with van der Waals surface area (Å²) in [7, 11) is 2.19. The number of nitrogens with one attached hydrogen (secondary N) is 2. The van der Waals surface area contributed by atoms with E-state index in [0.717, 1.165) is 67.8 Å². The Labute approximate surface area is 289 Å². The molecule has 0 aromatic heterocycles. The number of likely N-dealkylation sites (tertiary alicyclic amines) is 2. The van der Waals surface area contributed by atoms with Crippen LogP contribution in [-0.4, -0.2) is 120 Å². The fourth-order valence-electron chi connectivity index (χ4n) is 7.83. The maximum absolute atomic E-state index is 14.2. The lowest BCUT2D eigenvalue weighted by Gasteiger charge is -2.41. The molecule has 2 aromatic carbocycles. The molecule has 0 saturated carbocycles. The number of anilines is 2. The fourth-order valence-corrected chi connectivity index (χ4v) is 8.09. The third-order valence-electron chi connectivity index (χ3n) is 10.8. The summed E-state index contributed by atoms with van der Waals surface area (Å²) in [5, 5.41) is 6.60. The van der Waals surface area contributed by atoms with E-state index in [1.54, 1.807) is 4.90 Å². The number of halogens is 1. The van der Waals surface area contributed by atoms with Gasteiger partial charge in [0.05, 0.1) is 10.7 Å². The van der Waals surface area contributed by atoms with Crippen molar-refractivity contribution in [3.05, 3.63) is 58.1 Å². The molecule has 5 amide bonds. The van der Waals surface area contributed by atoms with E-state index >= 15 is 0 Å². The lowest BCUT2D eigenvalue weighted by Crippen LogP contribution is -2.57. The third-order valence-corrected chi connectivity index (χ3v) is 11.1. The van der Waals surface area contributed by atoms with Crippen LogP contribution in [0.15, 0.2) is 36.4 Å². The van der Waals surface area contributed by atoms with Crippen LogP contribution in [-0.2, 0) is 24.2 Å². The summed E-state index contributed by atoms with van der Waals surface area (Å²) in [6.45, 7) is 9.33. The molecule has 0 bridgehead atoms. The minimum absolute atomic E-state index is 0.0371. The summed E-state index contributed by atoms with van der Waals surface area (Å²) in [5.41, 5.74) is 10.5. The molecule has 12 heteroatoms. The van der Waals surface area contributed by atoms with Gasteiger partial charge in [-0.25, -0.2) is 9.59 Å². The molecular formula is C36H51ClN8O3. The van der Waals surface area contributed by atoms with Crippen molar-refractivity contribution in [2.45, 2.75) is 76.5 Å². The number of aryl methyl sites for hydroxylation is 1. The number of para-hydroxylation sites is 1. The highest BCUT2D eigenvalue weighted by atomic mass is 35.5.